The molecular formula is C23H21ClFN7O2. The number of anilines is 1. The van der Waals surface area contributed by atoms with E-state index in [1.807, 2.05) is 12.1 Å². The number of piperidine rings is 1. The number of hydrogen-bond donors (Lipinski definition) is 1. The Hall–Kier alpha value is -3.53. The number of fused-ring (bicyclic) bond motifs is 3. The summed E-state index contributed by atoms with van der Waals surface area (Å²) in [7, 11) is 0. The molecule has 9 nitrogen and oxygen atoms in total. The van der Waals surface area contributed by atoms with E-state index < -0.39 is 17.4 Å². The van der Waals surface area contributed by atoms with Gasteiger partial charge in [-0.15, -0.1) is 15.3 Å². The first-order valence-corrected chi connectivity index (χ1v) is 11.4. The van der Waals surface area contributed by atoms with Gasteiger partial charge in [0.2, 0.25) is 11.8 Å². The van der Waals surface area contributed by atoms with Gasteiger partial charge >= 0.3 is 6.03 Å². The zero-order chi connectivity index (χ0) is 23.6. The largest absolute Gasteiger partial charge is 0.423 e. The van der Waals surface area contributed by atoms with Crippen LogP contribution in [0.15, 0.2) is 41.1 Å². The molecule has 1 aliphatic carbocycles. The Kier molecular flexibility index (Phi) is 4.63. The van der Waals surface area contributed by atoms with Crippen molar-refractivity contribution in [3.8, 4) is 11.4 Å². The van der Waals surface area contributed by atoms with E-state index in [0.29, 0.717) is 35.5 Å². The van der Waals surface area contributed by atoms with Crippen molar-refractivity contribution in [3.63, 3.8) is 0 Å². The van der Waals surface area contributed by atoms with Gasteiger partial charge in [0.25, 0.3) is 0 Å². The van der Waals surface area contributed by atoms with Gasteiger partial charge in [0.1, 0.15) is 11.4 Å². The zero-order valence-electron chi connectivity index (χ0n) is 18.5. The third-order valence-electron chi connectivity index (χ3n) is 6.72. The van der Waals surface area contributed by atoms with Crippen molar-refractivity contribution in [1.29, 1.82) is 0 Å². The van der Waals surface area contributed by atoms with Crippen molar-refractivity contribution >= 4 is 28.8 Å². The molecule has 3 atom stereocenters. The van der Waals surface area contributed by atoms with Crippen LogP contribution in [0.5, 0.6) is 0 Å². The Morgan fingerprint density at radius 1 is 1.32 bits per heavy atom. The van der Waals surface area contributed by atoms with Crippen LogP contribution in [0.25, 0.3) is 16.9 Å². The van der Waals surface area contributed by atoms with E-state index >= 15 is 0 Å². The van der Waals surface area contributed by atoms with Crippen LogP contribution in [-0.4, -0.2) is 41.8 Å². The highest BCUT2D eigenvalue weighted by molar-refractivity contribution is 6.33. The lowest BCUT2D eigenvalue weighted by atomic mass is 9.64. The van der Waals surface area contributed by atoms with Crippen molar-refractivity contribution < 1.29 is 13.6 Å². The number of nitrogens with zero attached hydrogens (tertiary/aromatic N) is 6. The van der Waals surface area contributed by atoms with E-state index in [2.05, 4.69) is 32.5 Å². The number of urea groups is 1. The maximum Gasteiger partial charge on any atom is 0.323 e. The van der Waals surface area contributed by atoms with Gasteiger partial charge in [0, 0.05) is 31.1 Å². The summed E-state index contributed by atoms with van der Waals surface area (Å²) in [6.07, 6.45) is 5.74. The molecule has 0 spiro atoms. The van der Waals surface area contributed by atoms with Gasteiger partial charge in [0.15, 0.2) is 5.82 Å². The summed E-state index contributed by atoms with van der Waals surface area (Å²) in [6.45, 7) is 3.86. The molecule has 2 amide bonds. The fraction of sp³-hybridized carbons (Fsp3) is 0.348. The number of halogens is 2. The Morgan fingerprint density at radius 2 is 2.18 bits per heavy atom. The molecule has 4 aromatic rings. The van der Waals surface area contributed by atoms with Crippen molar-refractivity contribution in [3.05, 3.63) is 59.3 Å². The highest BCUT2D eigenvalue weighted by Gasteiger charge is 2.62. The second kappa shape index (κ2) is 7.49. The molecule has 0 radical (unpaired) electrons. The van der Waals surface area contributed by atoms with Crippen molar-refractivity contribution in [1.82, 2.24) is 29.7 Å². The zero-order valence-corrected chi connectivity index (χ0v) is 19.3. The summed E-state index contributed by atoms with van der Waals surface area (Å²) in [6, 6.07) is 5.93. The number of benzene rings is 1. The smallest absolute Gasteiger partial charge is 0.323 e. The molecule has 1 saturated heterocycles. The van der Waals surface area contributed by atoms with Gasteiger partial charge in [-0.3, -0.25) is 0 Å². The Morgan fingerprint density at radius 3 is 2.97 bits per heavy atom. The lowest BCUT2D eigenvalue weighted by molar-refractivity contribution is -0.110. The van der Waals surface area contributed by atoms with E-state index in [4.69, 9.17) is 16.0 Å². The minimum absolute atomic E-state index is 0.00418. The maximum atomic E-state index is 14.9. The Balaban J connectivity index is 1.33. The van der Waals surface area contributed by atoms with Crippen LogP contribution in [0.1, 0.15) is 38.0 Å². The summed E-state index contributed by atoms with van der Waals surface area (Å²) < 4.78 is 22.2. The summed E-state index contributed by atoms with van der Waals surface area (Å²) in [4.78, 5) is 19.5. The molecule has 2 aliphatic rings. The van der Waals surface area contributed by atoms with Gasteiger partial charge in [-0.1, -0.05) is 18.5 Å². The number of nitrogens with one attached hydrogen (secondary N) is 1. The fourth-order valence-electron chi connectivity index (χ4n) is 5.38. The van der Waals surface area contributed by atoms with Crippen LogP contribution in [0, 0.1) is 18.7 Å². The van der Waals surface area contributed by atoms with Crippen molar-refractivity contribution in [2.45, 2.75) is 44.7 Å². The molecule has 4 heterocycles. The number of likely N-dealkylation sites (tertiary alicyclic amines) is 1. The van der Waals surface area contributed by atoms with Crippen molar-refractivity contribution in [2.24, 2.45) is 5.92 Å². The minimum atomic E-state index is -0.679. The molecular weight excluding hydrogens is 461 g/mol. The van der Waals surface area contributed by atoms with Crippen LogP contribution < -0.4 is 5.32 Å². The molecule has 1 saturated carbocycles. The Bertz CT molecular complexity index is 1440. The first kappa shape index (κ1) is 21.0. The molecule has 3 aromatic heterocycles. The molecule has 1 aromatic carbocycles. The van der Waals surface area contributed by atoms with Gasteiger partial charge in [-0.25, -0.2) is 18.7 Å². The summed E-state index contributed by atoms with van der Waals surface area (Å²) in [5, 5.41) is 15.5. The number of carbonyl (C=O) groups excluding carboxylic acids is 1. The predicted octanol–water partition coefficient (Wildman–Crippen LogP) is 4.81. The van der Waals surface area contributed by atoms with E-state index in [9.17, 15) is 9.18 Å². The molecule has 1 aliphatic heterocycles. The van der Waals surface area contributed by atoms with Gasteiger partial charge in [-0.05, 0) is 43.0 Å². The average Bonchev–Trinajstić information content (AvgIpc) is 3.43. The number of carbonyl (C=O) groups is 1. The topological polar surface area (TPSA) is 101 Å². The molecule has 3 unspecified atom stereocenters. The minimum Gasteiger partial charge on any atom is -0.423 e. The van der Waals surface area contributed by atoms with E-state index in [0.717, 1.165) is 24.4 Å². The fourth-order valence-corrected chi connectivity index (χ4v) is 5.62. The third-order valence-corrected chi connectivity index (χ3v) is 7.04. The van der Waals surface area contributed by atoms with E-state index in [1.165, 1.54) is 6.07 Å². The average molecular weight is 482 g/mol. The molecule has 2 bridgehead atoms. The second-order valence-electron chi connectivity index (χ2n) is 9.13. The van der Waals surface area contributed by atoms with Gasteiger partial charge in [0.05, 0.1) is 22.4 Å². The van der Waals surface area contributed by atoms with Crippen LogP contribution in [-0.2, 0) is 5.54 Å². The summed E-state index contributed by atoms with van der Waals surface area (Å²) >= 11 is 6.32. The summed E-state index contributed by atoms with van der Waals surface area (Å²) in [5.74, 6) is 0.935. The molecule has 6 rings (SSSR count). The van der Waals surface area contributed by atoms with Crippen LogP contribution >= 0.6 is 11.6 Å². The molecule has 174 valence electrons. The quantitative estimate of drug-likeness (QED) is 0.450. The predicted molar refractivity (Wildman–Crippen MR) is 122 cm³/mol. The van der Waals surface area contributed by atoms with Gasteiger partial charge in [-0.2, -0.15) is 0 Å². The highest BCUT2D eigenvalue weighted by atomic mass is 35.5. The van der Waals surface area contributed by atoms with Gasteiger partial charge < -0.3 is 14.6 Å². The third kappa shape index (κ3) is 3.16. The first-order chi connectivity index (χ1) is 16.3. The monoisotopic (exact) mass is 481 g/mol. The number of amides is 2. The second-order valence-corrected chi connectivity index (χ2v) is 9.54. The lowest BCUT2D eigenvalue weighted by Crippen LogP contribution is -2.70. The van der Waals surface area contributed by atoms with Crippen LogP contribution in [0.4, 0.5) is 14.9 Å². The first-order valence-electron chi connectivity index (χ1n) is 11.0. The SMILES string of the molecule is Cc1nnc(C23CC(C)CC(C2)N3C(=O)Nc2cc(-c3ncc4cccn4n3)c(Cl)cc2F)o1. The van der Waals surface area contributed by atoms with E-state index in [-0.39, 0.29) is 16.8 Å². The maximum absolute atomic E-state index is 14.9. The molecule has 11 heteroatoms. The summed E-state index contributed by atoms with van der Waals surface area (Å²) in [5.41, 5.74) is 0.543. The normalized spacial score (nSPS) is 23.7. The standard InChI is InChI=1S/C23H21ClFN7O2/c1-12-6-15-10-23(9-12,21-29-28-13(2)34-21)32(15)22(33)27-19-7-16(17(24)8-18(19)25)20-26-11-14-4-3-5-31(14)30-20/h3-5,7-8,11-12,15H,6,9-10H2,1-2H3,(H,27,33). The number of aryl methyl sites for hydroxylation is 1. The Labute approximate surface area is 198 Å². The van der Waals surface area contributed by atoms with Crippen LogP contribution in [0.2, 0.25) is 5.02 Å². The lowest BCUT2D eigenvalue weighted by Gasteiger charge is -2.61. The highest BCUT2D eigenvalue weighted by Crippen LogP contribution is 2.55. The van der Waals surface area contributed by atoms with E-state index in [1.54, 1.807) is 28.7 Å². The number of rotatable bonds is 3. The molecule has 2 fully saturated rings. The molecule has 1 N–H and O–H groups in total. The number of aromatic nitrogens is 5. The molecule has 34 heavy (non-hydrogen) atoms. The van der Waals surface area contributed by atoms with Crippen LogP contribution in [0.3, 0.4) is 0 Å². The number of hydrogen-bond acceptors (Lipinski definition) is 6. The van der Waals surface area contributed by atoms with Crippen molar-refractivity contribution in [2.75, 3.05) is 5.32 Å².